The van der Waals surface area contributed by atoms with E-state index < -0.39 is 0 Å². The monoisotopic (exact) mass is 234 g/mol. The molecule has 1 aromatic heterocycles. The van der Waals surface area contributed by atoms with Crippen LogP contribution >= 0.6 is 0 Å². The van der Waals surface area contributed by atoms with Crippen molar-refractivity contribution in [2.24, 2.45) is 5.92 Å². The van der Waals surface area contributed by atoms with Crippen LogP contribution in [0.1, 0.15) is 26.2 Å². The third-order valence-corrected chi connectivity index (χ3v) is 3.27. The van der Waals surface area contributed by atoms with Gasteiger partial charge in [0, 0.05) is 19.3 Å². The van der Waals surface area contributed by atoms with Gasteiger partial charge < -0.3 is 10.2 Å². The van der Waals surface area contributed by atoms with Crippen LogP contribution in [0.5, 0.6) is 0 Å². The van der Waals surface area contributed by atoms with Crippen LogP contribution in [0.4, 0.5) is 5.82 Å². The largest absolute Gasteiger partial charge is 0.356 e. The first kappa shape index (κ1) is 12.3. The van der Waals surface area contributed by atoms with Crippen molar-refractivity contribution in [3.63, 3.8) is 0 Å². The molecule has 1 fully saturated rings. The predicted molar refractivity (Wildman–Crippen MR) is 70.1 cm³/mol. The highest BCUT2D eigenvalue weighted by molar-refractivity contribution is 5.36. The molecule has 0 aromatic carbocycles. The van der Waals surface area contributed by atoms with Crippen molar-refractivity contribution in [1.82, 2.24) is 15.3 Å². The van der Waals surface area contributed by atoms with Gasteiger partial charge in [-0.1, -0.05) is 6.92 Å². The molecule has 17 heavy (non-hydrogen) atoms. The number of nitrogens with one attached hydrogen (secondary N) is 1. The first-order chi connectivity index (χ1) is 8.40. The van der Waals surface area contributed by atoms with E-state index in [9.17, 15) is 0 Å². The standard InChI is InChI=1S/C13H22N4/c1-2-6-14-9-12-4-3-8-17(10-12)13-5-7-15-11-16-13/h5,7,11-12,14H,2-4,6,8-10H2,1H3. The van der Waals surface area contributed by atoms with Crippen molar-refractivity contribution >= 4 is 5.82 Å². The zero-order valence-corrected chi connectivity index (χ0v) is 10.6. The van der Waals surface area contributed by atoms with Crippen LogP contribution in [0.2, 0.25) is 0 Å². The summed E-state index contributed by atoms with van der Waals surface area (Å²) < 4.78 is 0. The highest BCUT2D eigenvalue weighted by Gasteiger charge is 2.20. The normalized spacial score (nSPS) is 20.5. The summed E-state index contributed by atoms with van der Waals surface area (Å²) in [5.41, 5.74) is 0. The lowest BCUT2D eigenvalue weighted by Gasteiger charge is -2.33. The van der Waals surface area contributed by atoms with Crippen molar-refractivity contribution in [3.05, 3.63) is 18.6 Å². The summed E-state index contributed by atoms with van der Waals surface area (Å²) in [5.74, 6) is 1.82. The number of anilines is 1. The minimum Gasteiger partial charge on any atom is -0.356 e. The Bertz CT molecular complexity index is 314. The smallest absolute Gasteiger partial charge is 0.131 e. The summed E-state index contributed by atoms with van der Waals surface area (Å²) >= 11 is 0. The molecule has 4 nitrogen and oxygen atoms in total. The quantitative estimate of drug-likeness (QED) is 0.787. The highest BCUT2D eigenvalue weighted by atomic mass is 15.2. The van der Waals surface area contributed by atoms with Crippen molar-refractivity contribution in [3.8, 4) is 0 Å². The number of hydrogen-bond acceptors (Lipinski definition) is 4. The number of rotatable bonds is 5. The second kappa shape index (κ2) is 6.55. The van der Waals surface area contributed by atoms with E-state index in [-0.39, 0.29) is 0 Å². The van der Waals surface area contributed by atoms with Crippen molar-refractivity contribution < 1.29 is 0 Å². The highest BCUT2D eigenvalue weighted by Crippen LogP contribution is 2.20. The Labute approximate surface area is 103 Å². The van der Waals surface area contributed by atoms with E-state index >= 15 is 0 Å². The Morgan fingerprint density at radius 1 is 1.53 bits per heavy atom. The van der Waals surface area contributed by atoms with E-state index in [1.807, 2.05) is 12.3 Å². The van der Waals surface area contributed by atoms with Crippen LogP contribution in [-0.4, -0.2) is 36.1 Å². The SMILES string of the molecule is CCCNCC1CCCN(c2ccncn2)C1. The second-order valence-corrected chi connectivity index (χ2v) is 4.73. The zero-order chi connectivity index (χ0) is 11.9. The van der Waals surface area contributed by atoms with E-state index in [1.54, 1.807) is 6.33 Å². The van der Waals surface area contributed by atoms with Crippen LogP contribution < -0.4 is 10.2 Å². The fourth-order valence-electron chi connectivity index (χ4n) is 2.39. The summed E-state index contributed by atoms with van der Waals surface area (Å²) in [6.07, 6.45) is 7.26. The molecule has 1 aliphatic rings. The van der Waals surface area contributed by atoms with E-state index in [4.69, 9.17) is 0 Å². The van der Waals surface area contributed by atoms with Gasteiger partial charge in [0.15, 0.2) is 0 Å². The molecule has 4 heteroatoms. The summed E-state index contributed by atoms with van der Waals surface area (Å²) in [6, 6.07) is 2.00. The lowest BCUT2D eigenvalue weighted by atomic mass is 9.98. The summed E-state index contributed by atoms with van der Waals surface area (Å²) in [6.45, 7) is 6.72. The fourth-order valence-corrected chi connectivity index (χ4v) is 2.39. The maximum absolute atomic E-state index is 4.33. The molecule has 0 radical (unpaired) electrons. The molecule has 0 aliphatic carbocycles. The number of nitrogens with zero attached hydrogens (tertiary/aromatic N) is 3. The molecule has 1 aliphatic heterocycles. The Morgan fingerprint density at radius 3 is 3.24 bits per heavy atom. The minimum atomic E-state index is 0.755. The molecule has 2 rings (SSSR count). The van der Waals surface area contributed by atoms with Gasteiger partial charge in [-0.05, 0) is 44.3 Å². The van der Waals surface area contributed by atoms with E-state index in [0.717, 1.165) is 37.9 Å². The topological polar surface area (TPSA) is 41.0 Å². The average Bonchev–Trinajstić information content (AvgIpc) is 2.41. The molecule has 0 spiro atoms. The summed E-state index contributed by atoms with van der Waals surface area (Å²) in [4.78, 5) is 10.7. The number of hydrogen-bond donors (Lipinski definition) is 1. The van der Waals surface area contributed by atoms with Crippen molar-refractivity contribution in [2.45, 2.75) is 26.2 Å². The van der Waals surface area contributed by atoms with Crippen molar-refractivity contribution in [1.29, 1.82) is 0 Å². The van der Waals surface area contributed by atoms with Crippen LogP contribution in [0.15, 0.2) is 18.6 Å². The Hall–Kier alpha value is -1.16. The molecule has 1 atom stereocenters. The summed E-state index contributed by atoms with van der Waals surface area (Å²) in [7, 11) is 0. The Morgan fingerprint density at radius 2 is 2.47 bits per heavy atom. The molecule has 0 amide bonds. The predicted octanol–water partition coefficient (Wildman–Crippen LogP) is 1.69. The minimum absolute atomic E-state index is 0.755. The van der Waals surface area contributed by atoms with Crippen molar-refractivity contribution in [2.75, 3.05) is 31.1 Å². The molecule has 94 valence electrons. The van der Waals surface area contributed by atoms with Gasteiger partial charge in [-0.15, -0.1) is 0 Å². The molecule has 1 aromatic rings. The Kier molecular flexibility index (Phi) is 4.74. The molecule has 0 saturated carbocycles. The lowest BCUT2D eigenvalue weighted by Crippen LogP contribution is -2.40. The van der Waals surface area contributed by atoms with Crippen LogP contribution in [-0.2, 0) is 0 Å². The third kappa shape index (κ3) is 3.66. The van der Waals surface area contributed by atoms with E-state index in [2.05, 4.69) is 27.1 Å². The van der Waals surface area contributed by atoms with Gasteiger partial charge in [-0.3, -0.25) is 0 Å². The lowest BCUT2D eigenvalue weighted by molar-refractivity contribution is 0.391. The number of piperidine rings is 1. The second-order valence-electron chi connectivity index (χ2n) is 4.73. The Balaban J connectivity index is 1.84. The molecule has 1 saturated heterocycles. The van der Waals surface area contributed by atoms with Gasteiger partial charge in [0.25, 0.3) is 0 Å². The molecule has 1 unspecified atom stereocenters. The van der Waals surface area contributed by atoms with Gasteiger partial charge in [0.05, 0.1) is 0 Å². The third-order valence-electron chi connectivity index (χ3n) is 3.27. The maximum atomic E-state index is 4.33. The molecular weight excluding hydrogens is 212 g/mol. The molecule has 2 heterocycles. The van der Waals surface area contributed by atoms with Crippen LogP contribution in [0, 0.1) is 5.92 Å². The first-order valence-corrected chi connectivity index (χ1v) is 6.62. The maximum Gasteiger partial charge on any atom is 0.131 e. The van der Waals surface area contributed by atoms with Gasteiger partial charge in [0.2, 0.25) is 0 Å². The summed E-state index contributed by atoms with van der Waals surface area (Å²) in [5, 5.41) is 3.52. The van der Waals surface area contributed by atoms with E-state index in [1.165, 1.54) is 19.3 Å². The van der Waals surface area contributed by atoms with Crippen LogP contribution in [0.3, 0.4) is 0 Å². The van der Waals surface area contributed by atoms with Gasteiger partial charge in [-0.25, -0.2) is 9.97 Å². The van der Waals surface area contributed by atoms with Gasteiger partial charge >= 0.3 is 0 Å². The van der Waals surface area contributed by atoms with Gasteiger partial charge in [-0.2, -0.15) is 0 Å². The van der Waals surface area contributed by atoms with Crippen LogP contribution in [0.25, 0.3) is 0 Å². The fraction of sp³-hybridized carbons (Fsp3) is 0.692. The zero-order valence-electron chi connectivity index (χ0n) is 10.6. The average molecular weight is 234 g/mol. The molecular formula is C13H22N4. The van der Waals surface area contributed by atoms with E-state index in [0.29, 0.717) is 0 Å². The molecule has 1 N–H and O–H groups in total. The molecule has 0 bridgehead atoms. The number of aromatic nitrogens is 2. The van der Waals surface area contributed by atoms with Gasteiger partial charge in [0.1, 0.15) is 12.1 Å². The first-order valence-electron chi connectivity index (χ1n) is 6.62.